The Morgan fingerprint density at radius 2 is 1.65 bits per heavy atom. The lowest BCUT2D eigenvalue weighted by atomic mass is 10.1. The Hall–Kier alpha value is -3.28. The van der Waals surface area contributed by atoms with E-state index < -0.39 is 0 Å². The zero-order valence-corrected chi connectivity index (χ0v) is 18.1. The molecule has 2 aromatic heterocycles. The molecule has 31 heavy (non-hydrogen) atoms. The van der Waals surface area contributed by atoms with Crippen LogP contribution >= 0.6 is 23.2 Å². The van der Waals surface area contributed by atoms with Crippen LogP contribution in [-0.4, -0.2) is 19.3 Å². The molecular formula is C24H17Cl2N5. The lowest BCUT2D eigenvalue weighted by molar-refractivity contribution is 0.665. The quantitative estimate of drug-likeness (QED) is 0.338. The zero-order valence-electron chi connectivity index (χ0n) is 16.6. The number of halogens is 2. The van der Waals surface area contributed by atoms with Crippen LogP contribution in [0.3, 0.4) is 0 Å². The molecular weight excluding hydrogens is 429 g/mol. The molecule has 3 heterocycles. The second-order valence-electron chi connectivity index (χ2n) is 7.56. The number of fused-ring (bicyclic) bond motifs is 5. The van der Waals surface area contributed by atoms with Gasteiger partial charge in [-0.2, -0.15) is 5.10 Å². The second-order valence-corrected chi connectivity index (χ2v) is 8.36. The van der Waals surface area contributed by atoms with Crippen molar-refractivity contribution in [1.82, 2.24) is 19.3 Å². The van der Waals surface area contributed by atoms with E-state index in [0.717, 1.165) is 45.1 Å². The molecule has 0 amide bonds. The molecule has 6 rings (SSSR count). The van der Waals surface area contributed by atoms with Gasteiger partial charge in [0.05, 0.1) is 28.0 Å². The molecule has 152 valence electrons. The first-order valence-electron chi connectivity index (χ1n) is 9.95. The van der Waals surface area contributed by atoms with E-state index in [1.165, 1.54) is 0 Å². The predicted octanol–water partition coefficient (Wildman–Crippen LogP) is 6.48. The monoisotopic (exact) mass is 445 g/mol. The van der Waals surface area contributed by atoms with Gasteiger partial charge in [-0.15, -0.1) is 0 Å². The van der Waals surface area contributed by atoms with E-state index in [4.69, 9.17) is 33.3 Å². The molecule has 0 unspecified atom stereocenters. The van der Waals surface area contributed by atoms with Gasteiger partial charge in [-0.3, -0.25) is 4.57 Å². The number of benzene rings is 3. The Bertz CT molecular complexity index is 1450. The smallest absolute Gasteiger partial charge is 0.145 e. The number of rotatable bonds is 2. The lowest BCUT2D eigenvalue weighted by Gasteiger charge is -2.30. The summed E-state index contributed by atoms with van der Waals surface area (Å²) in [6.45, 7) is 1.98. The van der Waals surface area contributed by atoms with Gasteiger partial charge in [0, 0.05) is 16.3 Å². The Morgan fingerprint density at radius 1 is 0.903 bits per heavy atom. The molecule has 0 fully saturated rings. The van der Waals surface area contributed by atoms with E-state index in [-0.39, 0.29) is 6.17 Å². The number of aromatic nitrogens is 4. The number of hydrogen-bond acceptors (Lipinski definition) is 3. The minimum absolute atomic E-state index is 0.245. The third kappa shape index (κ3) is 2.77. The molecule has 0 bridgehead atoms. The van der Waals surface area contributed by atoms with Crippen LogP contribution in [0.5, 0.6) is 0 Å². The van der Waals surface area contributed by atoms with Gasteiger partial charge in [-0.25, -0.2) is 9.67 Å². The van der Waals surface area contributed by atoms with E-state index in [0.29, 0.717) is 10.2 Å². The molecule has 7 heteroatoms. The van der Waals surface area contributed by atoms with Gasteiger partial charge in [0.1, 0.15) is 17.1 Å². The summed E-state index contributed by atoms with van der Waals surface area (Å²) in [6.07, 6.45) is -0.245. The van der Waals surface area contributed by atoms with Gasteiger partial charge in [0.2, 0.25) is 0 Å². The summed E-state index contributed by atoms with van der Waals surface area (Å²) in [5.74, 6) is 0.912. The third-order valence-electron chi connectivity index (χ3n) is 5.71. The highest BCUT2D eigenvalue weighted by molar-refractivity contribution is 6.31. The molecule has 0 aliphatic carbocycles. The summed E-state index contributed by atoms with van der Waals surface area (Å²) in [7, 11) is 0. The molecule has 1 N–H and O–H groups in total. The number of para-hydroxylation sites is 3. The van der Waals surface area contributed by atoms with Crippen molar-refractivity contribution in [2.45, 2.75) is 13.1 Å². The lowest BCUT2D eigenvalue weighted by Crippen LogP contribution is -2.25. The van der Waals surface area contributed by atoms with Gasteiger partial charge in [0.25, 0.3) is 0 Å². The summed E-state index contributed by atoms with van der Waals surface area (Å²) < 4.78 is 3.96. The Morgan fingerprint density at radius 3 is 2.48 bits per heavy atom. The summed E-state index contributed by atoms with van der Waals surface area (Å²) >= 11 is 13.0. The Labute approximate surface area is 188 Å². The molecule has 0 saturated heterocycles. The number of anilines is 1. The van der Waals surface area contributed by atoms with Crippen molar-refractivity contribution in [1.29, 1.82) is 0 Å². The SMILES string of the molecule is Cc1nn(-c2ccc(Cl)cc2)c(Cl)c1[C@H]1Nc2ccccc2-c2nc3ccccc3n21. The van der Waals surface area contributed by atoms with Crippen molar-refractivity contribution in [2.24, 2.45) is 0 Å². The number of hydrogen-bond donors (Lipinski definition) is 1. The highest BCUT2D eigenvalue weighted by atomic mass is 35.5. The first-order valence-corrected chi connectivity index (χ1v) is 10.7. The predicted molar refractivity (Wildman–Crippen MR) is 125 cm³/mol. The zero-order chi connectivity index (χ0) is 21.1. The van der Waals surface area contributed by atoms with Crippen molar-refractivity contribution in [2.75, 3.05) is 5.32 Å². The summed E-state index contributed by atoms with van der Waals surface area (Å²) in [4.78, 5) is 4.94. The van der Waals surface area contributed by atoms with Gasteiger partial charge < -0.3 is 5.32 Å². The number of imidazole rings is 1. The largest absolute Gasteiger partial charge is 0.360 e. The minimum atomic E-state index is -0.245. The molecule has 0 spiro atoms. The molecule has 0 radical (unpaired) electrons. The van der Waals surface area contributed by atoms with E-state index in [9.17, 15) is 0 Å². The summed E-state index contributed by atoms with van der Waals surface area (Å²) in [6, 6.07) is 23.8. The maximum atomic E-state index is 6.94. The Balaban J connectivity index is 1.59. The van der Waals surface area contributed by atoms with Crippen LogP contribution in [0.25, 0.3) is 28.1 Å². The topological polar surface area (TPSA) is 47.7 Å². The average Bonchev–Trinajstić information content (AvgIpc) is 3.31. The highest BCUT2D eigenvalue weighted by Gasteiger charge is 2.32. The van der Waals surface area contributed by atoms with E-state index in [1.54, 1.807) is 4.68 Å². The minimum Gasteiger partial charge on any atom is -0.360 e. The molecule has 5 aromatic rings. The summed E-state index contributed by atoms with van der Waals surface area (Å²) in [5.41, 5.74) is 6.68. The van der Waals surface area contributed by atoms with Crippen LogP contribution < -0.4 is 5.32 Å². The molecule has 1 aliphatic rings. The number of aryl methyl sites for hydroxylation is 1. The third-order valence-corrected chi connectivity index (χ3v) is 6.32. The highest BCUT2D eigenvalue weighted by Crippen LogP contribution is 2.43. The number of nitrogens with one attached hydrogen (secondary N) is 1. The van der Waals surface area contributed by atoms with Gasteiger partial charge in [-0.05, 0) is 55.5 Å². The van der Waals surface area contributed by atoms with Gasteiger partial charge >= 0.3 is 0 Å². The van der Waals surface area contributed by atoms with E-state index in [2.05, 4.69) is 28.1 Å². The normalized spacial score (nSPS) is 14.9. The molecule has 1 aliphatic heterocycles. The van der Waals surface area contributed by atoms with Crippen LogP contribution in [0, 0.1) is 6.92 Å². The number of nitrogens with zero attached hydrogens (tertiary/aromatic N) is 4. The van der Waals surface area contributed by atoms with Crippen LogP contribution in [0.4, 0.5) is 5.69 Å². The summed E-state index contributed by atoms with van der Waals surface area (Å²) in [5, 5.41) is 9.64. The van der Waals surface area contributed by atoms with Crippen molar-refractivity contribution < 1.29 is 0 Å². The maximum absolute atomic E-state index is 6.94. The van der Waals surface area contributed by atoms with Gasteiger partial charge in [0.15, 0.2) is 0 Å². The van der Waals surface area contributed by atoms with Crippen molar-refractivity contribution in [3.8, 4) is 17.1 Å². The maximum Gasteiger partial charge on any atom is 0.145 e. The van der Waals surface area contributed by atoms with Gasteiger partial charge in [-0.1, -0.05) is 47.5 Å². The fraction of sp³-hybridized carbons (Fsp3) is 0.0833. The fourth-order valence-corrected chi connectivity index (χ4v) is 4.79. The van der Waals surface area contributed by atoms with Crippen LogP contribution in [-0.2, 0) is 0 Å². The molecule has 5 nitrogen and oxygen atoms in total. The van der Waals surface area contributed by atoms with E-state index >= 15 is 0 Å². The van der Waals surface area contributed by atoms with Crippen molar-refractivity contribution in [3.63, 3.8) is 0 Å². The average molecular weight is 446 g/mol. The van der Waals surface area contributed by atoms with E-state index in [1.807, 2.05) is 61.5 Å². The Kier molecular flexibility index (Phi) is 4.10. The fourth-order valence-electron chi connectivity index (χ4n) is 4.29. The first-order chi connectivity index (χ1) is 15.1. The van der Waals surface area contributed by atoms with Crippen molar-refractivity contribution >= 4 is 39.9 Å². The first kappa shape index (κ1) is 18.5. The van der Waals surface area contributed by atoms with Crippen LogP contribution in [0.2, 0.25) is 10.2 Å². The molecule has 0 saturated carbocycles. The van der Waals surface area contributed by atoms with Crippen molar-refractivity contribution in [3.05, 3.63) is 94.2 Å². The second kappa shape index (κ2) is 6.87. The van der Waals surface area contributed by atoms with Crippen LogP contribution in [0.1, 0.15) is 17.4 Å². The standard InChI is InChI=1S/C24H17Cl2N5/c1-14-21(22(26)31(29-14)16-12-10-15(25)11-13-16)24-27-18-7-3-2-6-17(18)23-28-19-8-4-5-9-20(19)30(23)24/h2-13,24,27H,1H3/t24-/m0/s1. The molecule has 3 aromatic carbocycles. The molecule has 1 atom stereocenters. The van der Waals surface area contributed by atoms with Crippen LogP contribution in [0.15, 0.2) is 72.8 Å².